The fourth-order valence-electron chi connectivity index (χ4n) is 2.97. The minimum Gasteiger partial charge on any atom is -0.309 e. The summed E-state index contributed by atoms with van der Waals surface area (Å²) in [5.74, 6) is 0.998. The van der Waals surface area contributed by atoms with Crippen molar-refractivity contribution >= 4 is 0 Å². The van der Waals surface area contributed by atoms with Crippen LogP contribution in [0, 0.1) is 5.92 Å². The maximum Gasteiger partial charge on any atom is 0.0449 e. The Hall–Kier alpha value is -0.860. The molecule has 0 spiro atoms. The lowest BCUT2D eigenvalue weighted by atomic mass is 10.1. The number of nitrogens with zero attached hydrogens (tertiary/aromatic N) is 1. The van der Waals surface area contributed by atoms with E-state index in [1.165, 1.54) is 50.8 Å². The Bertz CT molecular complexity index is 395. The first-order chi connectivity index (χ1) is 9.86. The molecule has 2 nitrogen and oxygen atoms in total. The van der Waals surface area contributed by atoms with Gasteiger partial charge in [0.1, 0.15) is 0 Å². The number of rotatable bonds is 9. The number of hydrogen-bond donors (Lipinski definition) is 1. The largest absolute Gasteiger partial charge is 0.309 e. The Morgan fingerprint density at radius 1 is 1.15 bits per heavy atom. The van der Waals surface area contributed by atoms with Gasteiger partial charge in [-0.15, -0.1) is 0 Å². The van der Waals surface area contributed by atoms with Gasteiger partial charge in [-0.2, -0.15) is 0 Å². The van der Waals surface area contributed by atoms with Gasteiger partial charge in [-0.1, -0.05) is 37.3 Å². The van der Waals surface area contributed by atoms with Crippen LogP contribution >= 0.6 is 0 Å². The van der Waals surface area contributed by atoms with Gasteiger partial charge in [-0.25, -0.2) is 0 Å². The average molecular weight is 272 g/mol. The summed E-state index contributed by atoms with van der Waals surface area (Å²) in [6.07, 6.45) is 6.96. The monoisotopic (exact) mass is 272 g/mol. The third-order valence-electron chi connectivity index (χ3n) is 4.51. The van der Waals surface area contributed by atoms with Crippen molar-refractivity contribution in [3.8, 4) is 0 Å². The topological polar surface area (TPSA) is 15.3 Å². The van der Waals surface area contributed by atoms with Gasteiger partial charge in [-0.05, 0) is 50.1 Å². The standard InChI is InChI=1S/C18H28N2/c1-2-12-19-18(16-6-4-3-5-7-16)14-20(17-10-11-17)13-15-8-9-15/h3-7,15,17-19H,2,8-14H2,1H3. The third-order valence-corrected chi connectivity index (χ3v) is 4.51. The summed E-state index contributed by atoms with van der Waals surface area (Å²) in [6.45, 7) is 5.88. The van der Waals surface area contributed by atoms with E-state index < -0.39 is 0 Å². The number of hydrogen-bond acceptors (Lipinski definition) is 2. The molecule has 1 atom stereocenters. The lowest BCUT2D eigenvalue weighted by Crippen LogP contribution is -2.38. The van der Waals surface area contributed by atoms with Crippen molar-refractivity contribution in [2.24, 2.45) is 5.92 Å². The number of nitrogens with one attached hydrogen (secondary N) is 1. The molecule has 1 unspecified atom stereocenters. The maximum atomic E-state index is 3.75. The van der Waals surface area contributed by atoms with Crippen LogP contribution in [0.15, 0.2) is 30.3 Å². The lowest BCUT2D eigenvalue weighted by molar-refractivity contribution is 0.224. The Balaban J connectivity index is 1.64. The van der Waals surface area contributed by atoms with E-state index >= 15 is 0 Å². The summed E-state index contributed by atoms with van der Waals surface area (Å²) < 4.78 is 0. The molecule has 0 aliphatic heterocycles. The minimum atomic E-state index is 0.496. The van der Waals surface area contributed by atoms with Crippen molar-refractivity contribution in [3.63, 3.8) is 0 Å². The van der Waals surface area contributed by atoms with Crippen LogP contribution in [0.5, 0.6) is 0 Å². The molecule has 2 aliphatic carbocycles. The van der Waals surface area contributed by atoms with Crippen LogP contribution in [-0.4, -0.2) is 30.6 Å². The molecule has 0 aromatic heterocycles. The van der Waals surface area contributed by atoms with Gasteiger partial charge in [0.05, 0.1) is 0 Å². The molecule has 1 aromatic rings. The van der Waals surface area contributed by atoms with Crippen LogP contribution in [0.1, 0.15) is 50.6 Å². The van der Waals surface area contributed by atoms with E-state index in [2.05, 4.69) is 47.5 Å². The van der Waals surface area contributed by atoms with E-state index in [1.807, 2.05) is 0 Å². The third kappa shape index (κ3) is 4.07. The SMILES string of the molecule is CCCNC(CN(CC1CC1)C1CC1)c1ccccc1. The van der Waals surface area contributed by atoms with Crippen molar-refractivity contribution in [1.82, 2.24) is 10.2 Å². The highest BCUT2D eigenvalue weighted by Crippen LogP contribution is 2.35. The molecule has 1 aromatic carbocycles. The maximum absolute atomic E-state index is 3.75. The molecular weight excluding hydrogens is 244 g/mol. The molecule has 20 heavy (non-hydrogen) atoms. The quantitative estimate of drug-likeness (QED) is 0.739. The first-order valence-corrected chi connectivity index (χ1v) is 8.39. The Morgan fingerprint density at radius 3 is 2.50 bits per heavy atom. The van der Waals surface area contributed by atoms with Crippen LogP contribution in [0.3, 0.4) is 0 Å². The zero-order valence-electron chi connectivity index (χ0n) is 12.7. The first-order valence-electron chi connectivity index (χ1n) is 8.39. The zero-order chi connectivity index (χ0) is 13.8. The molecule has 0 heterocycles. The molecule has 0 bridgehead atoms. The van der Waals surface area contributed by atoms with Gasteiger partial charge >= 0.3 is 0 Å². The van der Waals surface area contributed by atoms with Gasteiger partial charge in [-0.3, -0.25) is 4.90 Å². The summed E-state index contributed by atoms with van der Waals surface area (Å²) >= 11 is 0. The van der Waals surface area contributed by atoms with Crippen LogP contribution in [0.4, 0.5) is 0 Å². The summed E-state index contributed by atoms with van der Waals surface area (Å²) in [5.41, 5.74) is 1.45. The highest BCUT2D eigenvalue weighted by molar-refractivity contribution is 5.19. The van der Waals surface area contributed by atoms with Crippen molar-refractivity contribution in [2.45, 2.75) is 51.1 Å². The average Bonchev–Trinajstić information content (AvgIpc) is 3.36. The predicted octanol–water partition coefficient (Wildman–Crippen LogP) is 3.60. The highest BCUT2D eigenvalue weighted by Gasteiger charge is 2.34. The molecule has 0 amide bonds. The van der Waals surface area contributed by atoms with Crippen molar-refractivity contribution in [3.05, 3.63) is 35.9 Å². The normalized spacial score (nSPS) is 20.3. The molecular formula is C18H28N2. The molecule has 2 heteroatoms. The lowest BCUT2D eigenvalue weighted by Gasteiger charge is -2.28. The molecule has 2 fully saturated rings. The van der Waals surface area contributed by atoms with Crippen LogP contribution in [-0.2, 0) is 0 Å². The minimum absolute atomic E-state index is 0.496. The predicted molar refractivity (Wildman–Crippen MR) is 84.8 cm³/mol. The van der Waals surface area contributed by atoms with E-state index in [0.717, 1.165) is 18.5 Å². The molecule has 110 valence electrons. The summed E-state index contributed by atoms with van der Waals surface area (Å²) in [5, 5.41) is 3.75. The van der Waals surface area contributed by atoms with Crippen LogP contribution < -0.4 is 5.32 Å². The zero-order valence-corrected chi connectivity index (χ0v) is 12.7. The second kappa shape index (κ2) is 6.73. The molecule has 2 aliphatic rings. The van der Waals surface area contributed by atoms with Gasteiger partial charge in [0.2, 0.25) is 0 Å². The Morgan fingerprint density at radius 2 is 1.90 bits per heavy atom. The van der Waals surface area contributed by atoms with Crippen LogP contribution in [0.25, 0.3) is 0 Å². The Kier molecular flexibility index (Phi) is 4.74. The van der Waals surface area contributed by atoms with E-state index in [-0.39, 0.29) is 0 Å². The van der Waals surface area contributed by atoms with Crippen molar-refractivity contribution in [1.29, 1.82) is 0 Å². The van der Waals surface area contributed by atoms with Gasteiger partial charge in [0, 0.05) is 25.2 Å². The van der Waals surface area contributed by atoms with Gasteiger partial charge < -0.3 is 5.32 Å². The summed E-state index contributed by atoms with van der Waals surface area (Å²) in [6, 6.07) is 12.4. The molecule has 0 saturated heterocycles. The molecule has 3 rings (SSSR count). The van der Waals surface area contributed by atoms with Gasteiger partial charge in [0.25, 0.3) is 0 Å². The highest BCUT2D eigenvalue weighted by atomic mass is 15.2. The van der Waals surface area contributed by atoms with E-state index in [9.17, 15) is 0 Å². The van der Waals surface area contributed by atoms with Crippen molar-refractivity contribution < 1.29 is 0 Å². The molecule has 1 N–H and O–H groups in total. The van der Waals surface area contributed by atoms with Gasteiger partial charge in [0.15, 0.2) is 0 Å². The van der Waals surface area contributed by atoms with Crippen LogP contribution in [0.2, 0.25) is 0 Å². The summed E-state index contributed by atoms with van der Waals surface area (Å²) in [4.78, 5) is 2.76. The van der Waals surface area contributed by atoms with E-state index in [0.29, 0.717) is 6.04 Å². The Labute approximate surface area is 123 Å². The van der Waals surface area contributed by atoms with E-state index in [4.69, 9.17) is 0 Å². The molecule has 2 saturated carbocycles. The van der Waals surface area contributed by atoms with E-state index in [1.54, 1.807) is 0 Å². The second-order valence-corrected chi connectivity index (χ2v) is 6.55. The summed E-state index contributed by atoms with van der Waals surface area (Å²) in [7, 11) is 0. The molecule has 0 radical (unpaired) electrons. The second-order valence-electron chi connectivity index (χ2n) is 6.55. The van der Waals surface area contributed by atoms with Crippen molar-refractivity contribution in [2.75, 3.05) is 19.6 Å². The number of benzene rings is 1. The first kappa shape index (κ1) is 14.1. The fourth-order valence-corrected chi connectivity index (χ4v) is 2.97. The fraction of sp³-hybridized carbons (Fsp3) is 0.667. The smallest absolute Gasteiger partial charge is 0.0449 e.